The van der Waals surface area contributed by atoms with Crippen molar-refractivity contribution < 1.29 is 9.90 Å². The van der Waals surface area contributed by atoms with Gasteiger partial charge in [-0.25, -0.2) is 0 Å². The molecule has 2 heteroatoms. The molecule has 1 saturated carbocycles. The quantitative estimate of drug-likeness (QED) is 0.594. The maximum Gasteiger partial charge on any atom is 0.125 e. The van der Waals surface area contributed by atoms with Gasteiger partial charge in [-0.2, -0.15) is 0 Å². The molecule has 58 valence electrons. The van der Waals surface area contributed by atoms with Crippen LogP contribution in [0.25, 0.3) is 0 Å². The molecule has 1 rings (SSSR count). The van der Waals surface area contributed by atoms with Crippen molar-refractivity contribution in [3.05, 3.63) is 0 Å². The highest BCUT2D eigenvalue weighted by Crippen LogP contribution is 2.35. The van der Waals surface area contributed by atoms with E-state index in [2.05, 4.69) is 0 Å². The van der Waals surface area contributed by atoms with Crippen LogP contribution in [0.4, 0.5) is 0 Å². The van der Waals surface area contributed by atoms with Gasteiger partial charge in [-0.15, -0.1) is 0 Å². The number of aliphatic hydroxyl groups excluding tert-OH is 1. The second-order valence-electron chi connectivity index (χ2n) is 3.22. The van der Waals surface area contributed by atoms with Gasteiger partial charge in [0, 0.05) is 5.92 Å². The van der Waals surface area contributed by atoms with Gasteiger partial charge in [0.2, 0.25) is 0 Å². The van der Waals surface area contributed by atoms with E-state index in [1.165, 1.54) is 12.8 Å². The van der Waals surface area contributed by atoms with E-state index in [1.807, 2.05) is 0 Å². The SMILES string of the molecule is CC(O)C(C=O)CC1CC1. The van der Waals surface area contributed by atoms with Crippen LogP contribution in [0.15, 0.2) is 0 Å². The van der Waals surface area contributed by atoms with Crippen LogP contribution in [0.1, 0.15) is 26.2 Å². The summed E-state index contributed by atoms with van der Waals surface area (Å²) in [5.41, 5.74) is 0. The van der Waals surface area contributed by atoms with Gasteiger partial charge < -0.3 is 9.90 Å². The molecule has 0 radical (unpaired) electrons. The molecule has 1 fully saturated rings. The predicted octanol–water partition coefficient (Wildman–Crippen LogP) is 0.982. The van der Waals surface area contributed by atoms with Crippen molar-refractivity contribution in [2.45, 2.75) is 32.3 Å². The summed E-state index contributed by atoms with van der Waals surface area (Å²) in [7, 11) is 0. The van der Waals surface area contributed by atoms with Crippen LogP contribution < -0.4 is 0 Å². The number of rotatable bonds is 4. The van der Waals surface area contributed by atoms with E-state index in [0.29, 0.717) is 0 Å². The lowest BCUT2D eigenvalue weighted by Gasteiger charge is -2.11. The first-order chi connectivity index (χ1) is 4.74. The monoisotopic (exact) mass is 142 g/mol. The molecule has 2 atom stereocenters. The summed E-state index contributed by atoms with van der Waals surface area (Å²) in [5.74, 6) is 0.609. The van der Waals surface area contributed by atoms with E-state index < -0.39 is 6.10 Å². The van der Waals surface area contributed by atoms with Gasteiger partial charge in [0.1, 0.15) is 6.29 Å². The molecule has 1 aliphatic rings. The second kappa shape index (κ2) is 3.15. The topological polar surface area (TPSA) is 37.3 Å². The number of hydrogen-bond donors (Lipinski definition) is 1. The Labute approximate surface area is 61.2 Å². The largest absolute Gasteiger partial charge is 0.393 e. The van der Waals surface area contributed by atoms with Crippen molar-refractivity contribution >= 4 is 6.29 Å². The molecule has 0 aliphatic heterocycles. The smallest absolute Gasteiger partial charge is 0.125 e. The zero-order valence-corrected chi connectivity index (χ0v) is 6.29. The summed E-state index contributed by atoms with van der Waals surface area (Å²) in [5, 5.41) is 9.06. The van der Waals surface area contributed by atoms with E-state index in [9.17, 15) is 4.79 Å². The van der Waals surface area contributed by atoms with E-state index in [0.717, 1.165) is 18.6 Å². The van der Waals surface area contributed by atoms with Crippen LogP contribution in [0.3, 0.4) is 0 Å². The van der Waals surface area contributed by atoms with Crippen LogP contribution in [-0.4, -0.2) is 17.5 Å². The Kier molecular flexibility index (Phi) is 2.44. The molecule has 0 spiro atoms. The zero-order chi connectivity index (χ0) is 7.56. The molecule has 0 aromatic rings. The zero-order valence-electron chi connectivity index (χ0n) is 6.29. The first-order valence-electron chi connectivity index (χ1n) is 3.87. The fourth-order valence-corrected chi connectivity index (χ4v) is 1.10. The number of aliphatic hydroxyl groups is 1. The van der Waals surface area contributed by atoms with E-state index in [-0.39, 0.29) is 5.92 Å². The van der Waals surface area contributed by atoms with Crippen molar-refractivity contribution in [2.24, 2.45) is 11.8 Å². The summed E-state index contributed by atoms with van der Waals surface area (Å²) in [6.07, 6.45) is 3.80. The first kappa shape index (κ1) is 7.73. The first-order valence-corrected chi connectivity index (χ1v) is 3.87. The summed E-state index contributed by atoms with van der Waals surface area (Å²) in [6, 6.07) is 0. The fourth-order valence-electron chi connectivity index (χ4n) is 1.10. The highest BCUT2D eigenvalue weighted by Gasteiger charge is 2.27. The lowest BCUT2D eigenvalue weighted by molar-refractivity contribution is -0.114. The van der Waals surface area contributed by atoms with Gasteiger partial charge >= 0.3 is 0 Å². The highest BCUT2D eigenvalue weighted by atomic mass is 16.3. The Morgan fingerprint density at radius 3 is 2.60 bits per heavy atom. The number of carbonyl (C=O) groups is 1. The van der Waals surface area contributed by atoms with E-state index in [4.69, 9.17) is 5.11 Å². The molecular formula is C8H14O2. The molecule has 0 saturated heterocycles. The predicted molar refractivity (Wildman–Crippen MR) is 38.6 cm³/mol. The van der Waals surface area contributed by atoms with Crippen LogP contribution in [-0.2, 0) is 4.79 Å². The van der Waals surface area contributed by atoms with Gasteiger partial charge in [-0.3, -0.25) is 0 Å². The average molecular weight is 142 g/mol. The third-order valence-corrected chi connectivity index (χ3v) is 2.10. The molecule has 0 amide bonds. The molecular weight excluding hydrogens is 128 g/mol. The van der Waals surface area contributed by atoms with Crippen LogP contribution in [0.5, 0.6) is 0 Å². The Morgan fingerprint density at radius 1 is 1.70 bits per heavy atom. The fraction of sp³-hybridized carbons (Fsp3) is 0.875. The molecule has 2 unspecified atom stereocenters. The highest BCUT2D eigenvalue weighted by molar-refractivity contribution is 5.54. The number of aldehydes is 1. The molecule has 1 aliphatic carbocycles. The molecule has 10 heavy (non-hydrogen) atoms. The van der Waals surface area contributed by atoms with Crippen molar-refractivity contribution in [1.29, 1.82) is 0 Å². The molecule has 2 nitrogen and oxygen atoms in total. The van der Waals surface area contributed by atoms with Gasteiger partial charge in [0.05, 0.1) is 6.10 Å². The van der Waals surface area contributed by atoms with Gasteiger partial charge in [0.15, 0.2) is 0 Å². The Bertz CT molecular complexity index is 116. The van der Waals surface area contributed by atoms with Crippen molar-refractivity contribution in [1.82, 2.24) is 0 Å². The van der Waals surface area contributed by atoms with Crippen LogP contribution in [0.2, 0.25) is 0 Å². The van der Waals surface area contributed by atoms with Crippen molar-refractivity contribution in [3.63, 3.8) is 0 Å². The number of hydrogen-bond acceptors (Lipinski definition) is 2. The van der Waals surface area contributed by atoms with Gasteiger partial charge in [-0.05, 0) is 19.3 Å². The molecule has 0 aromatic carbocycles. The third kappa shape index (κ3) is 2.10. The maximum absolute atomic E-state index is 10.3. The van der Waals surface area contributed by atoms with Gasteiger partial charge in [0.25, 0.3) is 0 Å². The Hall–Kier alpha value is -0.370. The van der Waals surface area contributed by atoms with Gasteiger partial charge in [-0.1, -0.05) is 12.8 Å². The second-order valence-corrected chi connectivity index (χ2v) is 3.22. The van der Waals surface area contributed by atoms with Crippen molar-refractivity contribution in [3.8, 4) is 0 Å². The lowest BCUT2D eigenvalue weighted by Crippen LogP contribution is -2.18. The molecule has 0 aromatic heterocycles. The Morgan fingerprint density at radius 2 is 2.30 bits per heavy atom. The summed E-state index contributed by atoms with van der Waals surface area (Å²) in [4.78, 5) is 10.3. The standard InChI is InChI=1S/C8H14O2/c1-6(10)8(5-9)4-7-2-3-7/h5-8,10H,2-4H2,1H3. The van der Waals surface area contributed by atoms with Crippen molar-refractivity contribution in [2.75, 3.05) is 0 Å². The molecule has 0 bridgehead atoms. The minimum absolute atomic E-state index is 0.118. The van der Waals surface area contributed by atoms with E-state index >= 15 is 0 Å². The summed E-state index contributed by atoms with van der Waals surface area (Å²) >= 11 is 0. The lowest BCUT2D eigenvalue weighted by atomic mass is 9.99. The van der Waals surface area contributed by atoms with E-state index in [1.54, 1.807) is 6.92 Å². The van der Waals surface area contributed by atoms with Crippen LogP contribution in [0, 0.1) is 11.8 Å². The Balaban J connectivity index is 2.24. The summed E-state index contributed by atoms with van der Waals surface area (Å²) in [6.45, 7) is 1.68. The van der Waals surface area contributed by atoms with Crippen LogP contribution >= 0.6 is 0 Å². The third-order valence-electron chi connectivity index (χ3n) is 2.10. The number of carbonyl (C=O) groups excluding carboxylic acids is 1. The minimum Gasteiger partial charge on any atom is -0.393 e. The normalized spacial score (nSPS) is 23.8. The average Bonchev–Trinajstić information content (AvgIpc) is 2.64. The molecule has 0 heterocycles. The minimum atomic E-state index is -0.460. The molecule has 1 N–H and O–H groups in total. The summed E-state index contributed by atoms with van der Waals surface area (Å²) < 4.78 is 0. The maximum atomic E-state index is 10.3.